The van der Waals surface area contributed by atoms with Gasteiger partial charge in [-0.2, -0.15) is 5.26 Å². The van der Waals surface area contributed by atoms with Crippen LogP contribution in [0.25, 0.3) is 0 Å². The lowest BCUT2D eigenvalue weighted by molar-refractivity contribution is -0.129. The first-order chi connectivity index (χ1) is 12.5. The van der Waals surface area contributed by atoms with Crippen molar-refractivity contribution < 1.29 is 14.0 Å². The van der Waals surface area contributed by atoms with E-state index in [1.807, 2.05) is 6.07 Å². The van der Waals surface area contributed by atoms with E-state index >= 15 is 0 Å². The number of benzene rings is 2. The highest BCUT2D eigenvalue weighted by atomic mass is 19.1. The standard InChI is InChI=1S/C20H20FN3O2/c1-15(25)24(11-9-16-5-7-18(21)8-6-16)12-10-20(26)23-19-4-2-3-17(13-19)14-22/h2-8,13H,9-12H2,1H3,(H,23,26). The smallest absolute Gasteiger partial charge is 0.226 e. The first-order valence-electron chi connectivity index (χ1n) is 8.28. The molecule has 0 fully saturated rings. The molecule has 0 bridgehead atoms. The van der Waals surface area contributed by atoms with Crippen LogP contribution in [-0.2, 0) is 16.0 Å². The van der Waals surface area contributed by atoms with Crippen LogP contribution < -0.4 is 5.32 Å². The summed E-state index contributed by atoms with van der Waals surface area (Å²) in [6, 6.07) is 14.8. The topological polar surface area (TPSA) is 73.2 Å². The lowest BCUT2D eigenvalue weighted by Crippen LogP contribution is -2.33. The summed E-state index contributed by atoms with van der Waals surface area (Å²) < 4.78 is 12.9. The number of carbonyl (C=O) groups is 2. The Bertz CT molecular complexity index is 813. The summed E-state index contributed by atoms with van der Waals surface area (Å²) >= 11 is 0. The first-order valence-corrected chi connectivity index (χ1v) is 8.28. The first kappa shape index (κ1) is 19.1. The molecule has 2 aromatic rings. The molecule has 0 radical (unpaired) electrons. The van der Waals surface area contributed by atoms with E-state index in [9.17, 15) is 14.0 Å². The maximum Gasteiger partial charge on any atom is 0.226 e. The molecule has 0 aliphatic heterocycles. The van der Waals surface area contributed by atoms with Crippen LogP contribution in [0, 0.1) is 17.1 Å². The van der Waals surface area contributed by atoms with E-state index in [4.69, 9.17) is 5.26 Å². The van der Waals surface area contributed by atoms with E-state index in [1.54, 1.807) is 41.3 Å². The Labute approximate surface area is 152 Å². The number of halogens is 1. The third kappa shape index (κ3) is 6.02. The molecule has 134 valence electrons. The molecule has 0 spiro atoms. The number of nitrogens with one attached hydrogen (secondary N) is 1. The summed E-state index contributed by atoms with van der Waals surface area (Å²) in [6.45, 7) is 2.21. The Morgan fingerprint density at radius 2 is 1.88 bits per heavy atom. The highest BCUT2D eigenvalue weighted by Crippen LogP contribution is 2.10. The predicted octanol–water partition coefficient (Wildman–Crippen LogP) is 3.12. The lowest BCUT2D eigenvalue weighted by atomic mass is 10.1. The van der Waals surface area contributed by atoms with Gasteiger partial charge in [0.05, 0.1) is 11.6 Å². The number of hydrogen-bond donors (Lipinski definition) is 1. The zero-order valence-electron chi connectivity index (χ0n) is 14.5. The molecule has 6 heteroatoms. The molecule has 26 heavy (non-hydrogen) atoms. The predicted molar refractivity (Wildman–Crippen MR) is 96.8 cm³/mol. The van der Waals surface area contributed by atoms with Crippen molar-refractivity contribution in [3.8, 4) is 6.07 Å². The summed E-state index contributed by atoms with van der Waals surface area (Å²) in [5.74, 6) is -0.645. The van der Waals surface area contributed by atoms with Crippen molar-refractivity contribution in [2.75, 3.05) is 18.4 Å². The van der Waals surface area contributed by atoms with Crippen LogP contribution in [-0.4, -0.2) is 29.8 Å². The molecule has 0 saturated carbocycles. The lowest BCUT2D eigenvalue weighted by Gasteiger charge is -2.21. The van der Waals surface area contributed by atoms with Gasteiger partial charge < -0.3 is 10.2 Å². The van der Waals surface area contributed by atoms with Gasteiger partial charge in [-0.3, -0.25) is 9.59 Å². The number of carbonyl (C=O) groups excluding carboxylic acids is 2. The van der Waals surface area contributed by atoms with Crippen molar-refractivity contribution in [1.82, 2.24) is 4.90 Å². The number of anilines is 1. The molecule has 0 aromatic heterocycles. The van der Waals surface area contributed by atoms with Crippen LogP contribution in [0.4, 0.5) is 10.1 Å². The van der Waals surface area contributed by atoms with E-state index in [-0.39, 0.29) is 24.1 Å². The Morgan fingerprint density at radius 3 is 2.54 bits per heavy atom. The molecule has 1 N–H and O–H groups in total. The Balaban J connectivity index is 1.85. The minimum absolute atomic E-state index is 0.119. The van der Waals surface area contributed by atoms with Crippen molar-refractivity contribution in [2.45, 2.75) is 19.8 Å². The van der Waals surface area contributed by atoms with Gasteiger partial charge in [0.25, 0.3) is 0 Å². The van der Waals surface area contributed by atoms with Gasteiger partial charge >= 0.3 is 0 Å². The largest absolute Gasteiger partial charge is 0.342 e. The van der Waals surface area contributed by atoms with Crippen LogP contribution in [0.1, 0.15) is 24.5 Å². The third-order valence-electron chi connectivity index (χ3n) is 3.91. The summed E-state index contributed by atoms with van der Waals surface area (Å²) in [6.07, 6.45) is 0.742. The van der Waals surface area contributed by atoms with Crippen LogP contribution in [0.3, 0.4) is 0 Å². The van der Waals surface area contributed by atoms with E-state index in [0.29, 0.717) is 30.8 Å². The van der Waals surface area contributed by atoms with E-state index in [1.165, 1.54) is 19.1 Å². The average molecular weight is 353 g/mol. The number of amides is 2. The van der Waals surface area contributed by atoms with Crippen LogP contribution in [0.2, 0.25) is 0 Å². The summed E-state index contributed by atoms with van der Waals surface area (Å²) in [5.41, 5.74) is 1.94. The van der Waals surface area contributed by atoms with Gasteiger partial charge in [-0.05, 0) is 42.3 Å². The Kier molecular flexibility index (Phi) is 6.86. The molecule has 5 nitrogen and oxygen atoms in total. The van der Waals surface area contributed by atoms with Gasteiger partial charge in [-0.25, -0.2) is 4.39 Å². The highest BCUT2D eigenvalue weighted by molar-refractivity contribution is 5.91. The third-order valence-corrected chi connectivity index (χ3v) is 3.91. The molecule has 0 unspecified atom stereocenters. The summed E-state index contributed by atoms with van der Waals surface area (Å²) in [7, 11) is 0. The second-order valence-electron chi connectivity index (χ2n) is 5.87. The Hall–Kier alpha value is -3.20. The quantitative estimate of drug-likeness (QED) is 0.831. The summed E-state index contributed by atoms with van der Waals surface area (Å²) in [4.78, 5) is 25.4. The minimum Gasteiger partial charge on any atom is -0.342 e. The molecular weight excluding hydrogens is 333 g/mol. The molecule has 2 rings (SSSR count). The number of rotatable bonds is 7. The highest BCUT2D eigenvalue weighted by Gasteiger charge is 2.12. The fourth-order valence-corrected chi connectivity index (χ4v) is 2.47. The fraction of sp³-hybridized carbons (Fsp3) is 0.250. The SMILES string of the molecule is CC(=O)N(CCC(=O)Nc1cccc(C#N)c1)CCc1ccc(F)cc1. The molecule has 0 saturated heterocycles. The second kappa shape index (κ2) is 9.33. The van der Waals surface area contributed by atoms with Gasteiger partial charge in [-0.15, -0.1) is 0 Å². The molecule has 2 aromatic carbocycles. The molecule has 2 amide bonds. The van der Waals surface area contributed by atoms with Gasteiger partial charge in [0, 0.05) is 32.1 Å². The maximum absolute atomic E-state index is 12.9. The number of nitriles is 1. The average Bonchev–Trinajstić information content (AvgIpc) is 2.63. The van der Waals surface area contributed by atoms with Crippen molar-refractivity contribution in [2.24, 2.45) is 0 Å². The van der Waals surface area contributed by atoms with Crippen molar-refractivity contribution in [1.29, 1.82) is 5.26 Å². The van der Waals surface area contributed by atoms with E-state index in [2.05, 4.69) is 5.32 Å². The van der Waals surface area contributed by atoms with Gasteiger partial charge in [0.1, 0.15) is 5.82 Å². The van der Waals surface area contributed by atoms with Crippen molar-refractivity contribution in [3.63, 3.8) is 0 Å². The van der Waals surface area contributed by atoms with Crippen LogP contribution in [0.5, 0.6) is 0 Å². The molecule has 0 aliphatic carbocycles. The normalized spacial score (nSPS) is 10.0. The number of nitrogens with zero attached hydrogens (tertiary/aromatic N) is 2. The second-order valence-corrected chi connectivity index (χ2v) is 5.87. The minimum atomic E-state index is -0.297. The van der Waals surface area contributed by atoms with E-state index in [0.717, 1.165) is 5.56 Å². The number of hydrogen-bond acceptors (Lipinski definition) is 3. The fourth-order valence-electron chi connectivity index (χ4n) is 2.47. The monoisotopic (exact) mass is 353 g/mol. The summed E-state index contributed by atoms with van der Waals surface area (Å²) in [5, 5.41) is 11.6. The zero-order chi connectivity index (χ0) is 18.9. The Morgan fingerprint density at radius 1 is 1.15 bits per heavy atom. The van der Waals surface area contributed by atoms with Gasteiger partial charge in [-0.1, -0.05) is 18.2 Å². The zero-order valence-corrected chi connectivity index (χ0v) is 14.5. The molecule has 0 aliphatic rings. The maximum atomic E-state index is 12.9. The molecule has 0 atom stereocenters. The molecular formula is C20H20FN3O2. The van der Waals surface area contributed by atoms with Crippen LogP contribution in [0.15, 0.2) is 48.5 Å². The van der Waals surface area contributed by atoms with E-state index < -0.39 is 0 Å². The van der Waals surface area contributed by atoms with Gasteiger partial charge in [0.15, 0.2) is 0 Å². The van der Waals surface area contributed by atoms with Crippen molar-refractivity contribution >= 4 is 17.5 Å². The van der Waals surface area contributed by atoms with Crippen LogP contribution >= 0.6 is 0 Å². The van der Waals surface area contributed by atoms with Crippen molar-refractivity contribution in [3.05, 3.63) is 65.5 Å². The van der Waals surface area contributed by atoms with Gasteiger partial charge in [0.2, 0.25) is 11.8 Å². The molecule has 0 heterocycles.